The van der Waals surface area contributed by atoms with Crippen LogP contribution in [0.25, 0.3) is 0 Å². The Hall–Kier alpha value is -4.06. The number of aromatic amines is 1. The van der Waals surface area contributed by atoms with Crippen LogP contribution in [-0.2, 0) is 16.0 Å². The quantitative estimate of drug-likeness (QED) is 0.294. The van der Waals surface area contributed by atoms with Gasteiger partial charge in [-0.1, -0.05) is 0 Å². The molecular formula is C27H32N8O3. The van der Waals surface area contributed by atoms with Crippen molar-refractivity contribution in [3.8, 4) is 0 Å². The van der Waals surface area contributed by atoms with Crippen LogP contribution in [0.4, 0.5) is 16.2 Å². The summed E-state index contributed by atoms with van der Waals surface area (Å²) in [6, 6.07) is 14.3. The summed E-state index contributed by atoms with van der Waals surface area (Å²) in [5.41, 5.74) is 3.67. The predicted molar refractivity (Wildman–Crippen MR) is 146 cm³/mol. The van der Waals surface area contributed by atoms with Gasteiger partial charge in [-0.3, -0.25) is 15.3 Å². The van der Waals surface area contributed by atoms with Crippen molar-refractivity contribution >= 4 is 29.1 Å². The molecule has 2 saturated heterocycles. The highest BCUT2D eigenvalue weighted by molar-refractivity contribution is 6.10. The van der Waals surface area contributed by atoms with E-state index in [-0.39, 0.29) is 11.9 Å². The highest BCUT2D eigenvalue weighted by Gasteiger charge is 2.19. The number of amidine groups is 2. The van der Waals surface area contributed by atoms with Crippen LogP contribution in [0.2, 0.25) is 0 Å². The van der Waals surface area contributed by atoms with Gasteiger partial charge in [-0.15, -0.1) is 0 Å². The van der Waals surface area contributed by atoms with Gasteiger partial charge in [0.25, 0.3) is 0 Å². The monoisotopic (exact) mass is 516 g/mol. The third-order valence-corrected chi connectivity index (χ3v) is 6.36. The van der Waals surface area contributed by atoms with E-state index in [0.29, 0.717) is 30.2 Å². The molecule has 2 aliphatic rings. The highest BCUT2D eigenvalue weighted by Crippen LogP contribution is 2.15. The minimum atomic E-state index is -0.366. The zero-order chi connectivity index (χ0) is 26.2. The van der Waals surface area contributed by atoms with Crippen molar-refractivity contribution in [3.05, 3.63) is 77.9 Å². The molecule has 5 rings (SSSR count). The van der Waals surface area contributed by atoms with E-state index in [1.54, 1.807) is 30.5 Å². The summed E-state index contributed by atoms with van der Waals surface area (Å²) < 4.78 is 10.8. The Balaban J connectivity index is 1.17. The molecular weight excluding hydrogens is 484 g/mol. The van der Waals surface area contributed by atoms with Crippen molar-refractivity contribution in [1.82, 2.24) is 19.8 Å². The molecule has 0 unspecified atom stereocenters. The average molecular weight is 517 g/mol. The molecule has 2 aromatic heterocycles. The first-order valence-electron chi connectivity index (χ1n) is 12.7. The number of aromatic nitrogens is 2. The zero-order valence-corrected chi connectivity index (χ0v) is 21.2. The minimum absolute atomic E-state index is 0.139. The molecule has 2 fully saturated rings. The van der Waals surface area contributed by atoms with Gasteiger partial charge in [0, 0.05) is 50.2 Å². The Kier molecular flexibility index (Phi) is 8.39. The van der Waals surface area contributed by atoms with Gasteiger partial charge < -0.3 is 30.0 Å². The van der Waals surface area contributed by atoms with Crippen molar-refractivity contribution < 1.29 is 14.3 Å². The molecule has 0 saturated carbocycles. The fourth-order valence-corrected chi connectivity index (χ4v) is 4.30. The van der Waals surface area contributed by atoms with Crippen LogP contribution >= 0.6 is 0 Å². The summed E-state index contributed by atoms with van der Waals surface area (Å²) in [4.78, 5) is 29.2. The van der Waals surface area contributed by atoms with Crippen LogP contribution in [0.15, 0.2) is 65.9 Å². The SMILES string of the molecule is N=C(N=C(c1ccc[nH]1)N1CCOCC1)c1ccc(NC(=O)Nc2ccc(CN3CCOCC3)nc2)cc1. The number of nitrogens with zero attached hydrogens (tertiary/aromatic N) is 4. The maximum absolute atomic E-state index is 12.5. The van der Waals surface area contributed by atoms with Crippen LogP contribution < -0.4 is 10.6 Å². The largest absolute Gasteiger partial charge is 0.379 e. The highest BCUT2D eigenvalue weighted by atomic mass is 16.5. The minimum Gasteiger partial charge on any atom is -0.379 e. The molecule has 2 amide bonds. The molecule has 11 heteroatoms. The normalized spacial score (nSPS) is 16.7. The van der Waals surface area contributed by atoms with Crippen LogP contribution in [0.5, 0.6) is 0 Å². The number of benzene rings is 1. The number of carbonyl (C=O) groups excluding carboxylic acids is 1. The first kappa shape index (κ1) is 25.6. The Morgan fingerprint density at radius 1 is 0.947 bits per heavy atom. The number of nitrogens with one attached hydrogen (secondary N) is 4. The first-order valence-corrected chi connectivity index (χ1v) is 12.7. The Morgan fingerprint density at radius 3 is 2.29 bits per heavy atom. The first-order chi connectivity index (χ1) is 18.6. The molecule has 38 heavy (non-hydrogen) atoms. The van der Waals surface area contributed by atoms with Gasteiger partial charge in [-0.2, -0.15) is 0 Å². The zero-order valence-electron chi connectivity index (χ0n) is 21.2. The Bertz CT molecular complexity index is 1230. The van der Waals surface area contributed by atoms with E-state index >= 15 is 0 Å². The molecule has 0 bridgehead atoms. The lowest BCUT2D eigenvalue weighted by molar-refractivity contribution is 0.0336. The van der Waals surface area contributed by atoms with Gasteiger partial charge in [0.15, 0.2) is 11.7 Å². The molecule has 3 aromatic rings. The lowest BCUT2D eigenvalue weighted by atomic mass is 10.2. The number of hydrogen-bond donors (Lipinski definition) is 4. The molecule has 198 valence electrons. The second kappa shape index (κ2) is 12.5. The Labute approximate surface area is 221 Å². The van der Waals surface area contributed by atoms with Gasteiger partial charge in [0.2, 0.25) is 0 Å². The van der Waals surface area contributed by atoms with E-state index in [2.05, 4.69) is 35.4 Å². The third-order valence-electron chi connectivity index (χ3n) is 6.36. The second-order valence-electron chi connectivity index (χ2n) is 9.05. The summed E-state index contributed by atoms with van der Waals surface area (Å²) >= 11 is 0. The summed E-state index contributed by atoms with van der Waals surface area (Å²) in [7, 11) is 0. The van der Waals surface area contributed by atoms with Gasteiger partial charge in [0.05, 0.1) is 49.7 Å². The van der Waals surface area contributed by atoms with E-state index in [9.17, 15) is 4.79 Å². The topological polar surface area (TPSA) is 131 Å². The molecule has 11 nitrogen and oxygen atoms in total. The molecule has 1 aromatic carbocycles. The maximum Gasteiger partial charge on any atom is 0.323 e. The van der Waals surface area contributed by atoms with Crippen molar-refractivity contribution in [2.24, 2.45) is 4.99 Å². The lowest BCUT2D eigenvalue weighted by Gasteiger charge is -2.29. The molecule has 0 atom stereocenters. The van der Waals surface area contributed by atoms with Crippen LogP contribution in [0.1, 0.15) is 17.0 Å². The standard InChI is InChI=1S/C27H32N8O3/c28-25(33-26(24-2-1-9-29-24)35-12-16-38-17-13-35)20-3-5-21(6-4-20)31-27(36)32-22-7-8-23(30-18-22)19-34-10-14-37-15-11-34/h1-9,18,28-29H,10-17,19H2,(H2,31,32,36). The second-order valence-corrected chi connectivity index (χ2v) is 9.05. The number of anilines is 2. The smallest absolute Gasteiger partial charge is 0.323 e. The molecule has 4 heterocycles. The van der Waals surface area contributed by atoms with Gasteiger partial charge in [-0.25, -0.2) is 9.79 Å². The van der Waals surface area contributed by atoms with E-state index < -0.39 is 0 Å². The number of pyridine rings is 1. The average Bonchev–Trinajstić information content (AvgIpc) is 3.49. The molecule has 0 radical (unpaired) electrons. The number of carbonyl (C=O) groups is 1. The van der Waals surface area contributed by atoms with Gasteiger partial charge >= 0.3 is 6.03 Å². The molecule has 2 aliphatic heterocycles. The van der Waals surface area contributed by atoms with Crippen molar-refractivity contribution in [2.45, 2.75) is 6.54 Å². The molecule has 0 aliphatic carbocycles. The van der Waals surface area contributed by atoms with E-state index in [0.717, 1.165) is 63.2 Å². The summed E-state index contributed by atoms with van der Waals surface area (Å²) in [6.07, 6.45) is 3.50. The number of H-pyrrole nitrogens is 1. The van der Waals surface area contributed by atoms with E-state index in [1.807, 2.05) is 30.5 Å². The number of amides is 2. The number of morpholine rings is 2. The van der Waals surface area contributed by atoms with E-state index in [4.69, 9.17) is 14.9 Å². The third kappa shape index (κ3) is 6.82. The fraction of sp³-hybridized carbons (Fsp3) is 0.333. The van der Waals surface area contributed by atoms with Crippen LogP contribution in [0, 0.1) is 5.41 Å². The summed E-state index contributed by atoms with van der Waals surface area (Å²) in [5, 5.41) is 14.2. The Morgan fingerprint density at radius 2 is 1.63 bits per heavy atom. The maximum atomic E-state index is 12.5. The van der Waals surface area contributed by atoms with Crippen molar-refractivity contribution in [2.75, 3.05) is 63.2 Å². The lowest BCUT2D eigenvalue weighted by Crippen LogP contribution is -2.41. The number of ether oxygens (including phenoxy) is 2. The van der Waals surface area contributed by atoms with Crippen LogP contribution in [0.3, 0.4) is 0 Å². The van der Waals surface area contributed by atoms with Crippen molar-refractivity contribution in [3.63, 3.8) is 0 Å². The fourth-order valence-electron chi connectivity index (χ4n) is 4.30. The van der Waals surface area contributed by atoms with Gasteiger partial charge in [-0.05, 0) is 48.5 Å². The predicted octanol–water partition coefficient (Wildman–Crippen LogP) is 2.99. The van der Waals surface area contributed by atoms with E-state index in [1.165, 1.54) is 0 Å². The van der Waals surface area contributed by atoms with Crippen molar-refractivity contribution in [1.29, 1.82) is 5.41 Å². The molecule has 4 N–H and O–H groups in total. The number of aliphatic imine (C=N–C) groups is 1. The van der Waals surface area contributed by atoms with Gasteiger partial charge in [0.1, 0.15) is 0 Å². The number of urea groups is 1. The number of rotatable bonds is 6. The molecule has 0 spiro atoms. The number of hydrogen-bond acceptors (Lipinski definition) is 6. The summed E-state index contributed by atoms with van der Waals surface area (Å²) in [6.45, 7) is 6.75. The summed E-state index contributed by atoms with van der Waals surface area (Å²) in [5.74, 6) is 0.856. The van der Waals surface area contributed by atoms with Crippen LogP contribution in [-0.4, -0.2) is 90.1 Å².